The summed E-state index contributed by atoms with van der Waals surface area (Å²) in [6, 6.07) is 0. The second-order valence-corrected chi connectivity index (χ2v) is 36.1. The Morgan fingerprint density at radius 2 is 0.424 bits per heavy atom. The van der Waals surface area contributed by atoms with Crippen molar-refractivity contribution in [2.75, 3.05) is 39.6 Å². The highest BCUT2D eigenvalue weighted by atomic mass is 31.2. The molecule has 0 aliphatic carbocycles. The third kappa shape index (κ3) is 99.1. The van der Waals surface area contributed by atoms with Crippen molar-refractivity contribution < 1.29 is 75.8 Å². The van der Waals surface area contributed by atoms with Crippen LogP contribution in [0.3, 0.4) is 0 Å². The summed E-state index contributed by atoms with van der Waals surface area (Å²) in [5.41, 5.74) is 0. The van der Waals surface area contributed by atoms with Gasteiger partial charge >= 0.3 is 33.6 Å². The summed E-state index contributed by atoms with van der Waals surface area (Å²) < 4.78 is 61.6. The smallest absolute Gasteiger partial charge is 0.463 e. The van der Waals surface area contributed by atoms with Crippen LogP contribution in [0.1, 0.15) is 419 Å². The molecule has 0 saturated carbocycles. The van der Waals surface area contributed by atoms with Crippen LogP contribution >= 0.6 is 15.6 Å². The first-order valence-corrected chi connectivity index (χ1v) is 53.1. The zero-order valence-electron chi connectivity index (χ0n) is 79.2. The van der Waals surface area contributed by atoms with Gasteiger partial charge in [-0.05, 0) is 161 Å². The zero-order chi connectivity index (χ0) is 90.7. The van der Waals surface area contributed by atoms with Crippen LogP contribution in [-0.4, -0.2) is 95.9 Å². The summed E-state index contributed by atoms with van der Waals surface area (Å²) in [7, 11) is -9.82. The van der Waals surface area contributed by atoms with E-state index in [-0.39, 0.29) is 19.3 Å². The third-order valence-corrected chi connectivity index (χ3v) is 23.0. The molecule has 5 atom stereocenters. The number of allylic oxidation sites excluding steroid dienone is 30. The lowest BCUT2D eigenvalue weighted by atomic mass is 10.0. The van der Waals surface area contributed by atoms with Crippen LogP contribution in [-0.2, 0) is 55.8 Å². The number of carbonyl (C=O) groups is 3. The molecule has 0 aromatic carbocycles. The predicted octanol–water partition coefficient (Wildman–Crippen LogP) is 31.6. The summed E-state index contributed by atoms with van der Waals surface area (Å²) >= 11 is 0. The van der Waals surface area contributed by atoms with Gasteiger partial charge in [0.05, 0.1) is 26.4 Å². The lowest BCUT2D eigenvalue weighted by Crippen LogP contribution is -2.30. The molecule has 0 heterocycles. The lowest BCUT2D eigenvalue weighted by Gasteiger charge is -2.21. The van der Waals surface area contributed by atoms with E-state index >= 15 is 0 Å². The molecule has 0 bridgehead atoms. The van der Waals surface area contributed by atoms with Gasteiger partial charge in [-0.25, -0.2) is 9.13 Å². The fraction of sp³-hybridized carbons (Fsp3) is 0.692. The Bertz CT molecular complexity index is 3000. The Kier molecular flexibility index (Phi) is 93.5. The second kappa shape index (κ2) is 97.7. The van der Waals surface area contributed by atoms with Gasteiger partial charge in [-0.15, -0.1) is 0 Å². The van der Waals surface area contributed by atoms with E-state index in [9.17, 15) is 43.5 Å². The summed E-state index contributed by atoms with van der Waals surface area (Å²) in [4.78, 5) is 59.1. The minimum atomic E-state index is -4.95. The van der Waals surface area contributed by atoms with Crippen molar-refractivity contribution in [1.82, 2.24) is 0 Å². The fourth-order valence-corrected chi connectivity index (χ4v) is 15.2. The SMILES string of the molecule is CC/C=C\C/C=C\C/C=C\C/C=C\C/C=C\C/C=C\CCCCCCCCCCCCCCCCC(=O)OCC(COP(=O)(O)OCC(O)COP(=O)(O)OCC(O)COC(=O)CCCCCCCCCCCCCCCCCCCCC/C=C\C/C=C\C/C=C\C/C=C\CCCCC)OC(=O)CCCCCCC/C=C\C/C=C\C/C=C\C/C=C\C/C=C\CC. The molecule has 5 unspecified atom stereocenters. The first kappa shape index (κ1) is 120. The quantitative estimate of drug-likeness (QED) is 0.0146. The largest absolute Gasteiger partial charge is 0.472 e. The number of esters is 3. The molecule has 0 fully saturated rings. The molecule has 18 heteroatoms. The molecule has 0 rings (SSSR count). The van der Waals surface area contributed by atoms with Crippen molar-refractivity contribution in [3.05, 3.63) is 182 Å². The average Bonchev–Trinajstić information content (AvgIpc) is 0.994. The van der Waals surface area contributed by atoms with Gasteiger partial charge in [-0.1, -0.05) is 421 Å². The van der Waals surface area contributed by atoms with E-state index in [0.717, 1.165) is 173 Å². The first-order valence-electron chi connectivity index (χ1n) is 50.1. The first-order chi connectivity index (χ1) is 61.2. The molecule has 716 valence electrons. The Balaban J connectivity index is 4.54. The molecule has 0 aliphatic rings. The molecular formula is C107H182O16P2. The van der Waals surface area contributed by atoms with Crippen LogP contribution < -0.4 is 0 Å². The molecule has 0 aromatic heterocycles. The van der Waals surface area contributed by atoms with Crippen molar-refractivity contribution in [2.45, 2.75) is 437 Å². The zero-order valence-corrected chi connectivity index (χ0v) is 81.0. The van der Waals surface area contributed by atoms with Gasteiger partial charge < -0.3 is 34.2 Å². The Labute approximate surface area is 764 Å². The number of aliphatic hydroxyl groups is 2. The molecule has 4 N–H and O–H groups in total. The van der Waals surface area contributed by atoms with Crippen LogP contribution in [0.25, 0.3) is 0 Å². The highest BCUT2D eigenvalue weighted by molar-refractivity contribution is 7.47. The maximum atomic E-state index is 13.1. The summed E-state index contributed by atoms with van der Waals surface area (Å²) in [6.45, 7) is 2.46. The van der Waals surface area contributed by atoms with Crippen molar-refractivity contribution in [3.63, 3.8) is 0 Å². The van der Waals surface area contributed by atoms with Crippen molar-refractivity contribution >= 4 is 33.6 Å². The minimum absolute atomic E-state index is 0.0781. The monoisotopic (exact) mass is 1790 g/mol. The molecule has 125 heavy (non-hydrogen) atoms. The molecule has 0 amide bonds. The van der Waals surface area contributed by atoms with Crippen molar-refractivity contribution in [1.29, 1.82) is 0 Å². The normalized spacial score (nSPS) is 14.5. The highest BCUT2D eigenvalue weighted by Crippen LogP contribution is 2.45. The van der Waals surface area contributed by atoms with Gasteiger partial charge in [0.1, 0.15) is 25.4 Å². The van der Waals surface area contributed by atoms with Crippen molar-refractivity contribution in [2.24, 2.45) is 0 Å². The van der Waals surface area contributed by atoms with Gasteiger partial charge in [0.15, 0.2) is 6.10 Å². The molecule has 0 aromatic rings. The number of hydrogen-bond donors (Lipinski definition) is 4. The fourth-order valence-electron chi connectivity index (χ4n) is 13.6. The number of aliphatic hydroxyl groups excluding tert-OH is 2. The predicted molar refractivity (Wildman–Crippen MR) is 528 cm³/mol. The van der Waals surface area contributed by atoms with Crippen LogP contribution in [0.2, 0.25) is 0 Å². The summed E-state index contributed by atoms with van der Waals surface area (Å²) in [6.07, 6.45) is 130. The number of hydrogen-bond acceptors (Lipinski definition) is 14. The Morgan fingerprint density at radius 1 is 0.232 bits per heavy atom. The third-order valence-electron chi connectivity index (χ3n) is 21.1. The maximum absolute atomic E-state index is 13.1. The molecule has 0 aliphatic heterocycles. The van der Waals surface area contributed by atoms with E-state index in [1.165, 1.54) is 186 Å². The number of unbranched alkanes of at least 4 members (excludes halogenated alkanes) is 41. The van der Waals surface area contributed by atoms with E-state index in [4.69, 9.17) is 32.3 Å². The number of phosphoric ester groups is 2. The lowest BCUT2D eigenvalue weighted by molar-refractivity contribution is -0.161. The molecule has 0 saturated heterocycles. The summed E-state index contributed by atoms with van der Waals surface area (Å²) in [5.74, 6) is -1.59. The molecular weight excluding hydrogens is 1600 g/mol. The maximum Gasteiger partial charge on any atom is 0.472 e. The van der Waals surface area contributed by atoms with Gasteiger partial charge in [-0.3, -0.25) is 32.5 Å². The standard InChI is InChI=1S/C107H182O16P2/c1-4-7-10-13-16-19-22-25-28-31-34-37-39-41-43-45-47-49-50-52-54-55-57-59-61-64-66-69-72-75-78-81-84-87-90-93-105(110)117-96-102(108)97-119-124(113,114)120-98-103(109)99-121-125(115,116)122-101-104(123-107(112)95-92-89-86-83-80-77-74-71-68-63-36-33-30-27-24-21-18-15-12-9-6-3)100-118-106(111)94-91-88-85-82-79-76-73-70-67-65-62-60-58-56-53-51-48-46-44-42-40-38-35-32-29-26-23-20-17-14-11-8-5-2/h8-9,11-12,16-21,25-30,34-38,41-44,48,51,63,71,74,102-104,108-109H,4-7,10,13-15,22-24,31-33,39-40,45-47,49-50,52-62,64-70,72-73,75-101H2,1-3H3,(H,113,114)(H,115,116)/b11-8-,12-9-,19-16-,20-17-,21-18-,28-25-,29-26-,30-27-,37-34-,38-35-,43-41-,44-42-,51-48-,63-36-,74-71-. The van der Waals surface area contributed by atoms with E-state index < -0.39 is 91.5 Å². The van der Waals surface area contributed by atoms with Gasteiger partial charge in [-0.2, -0.15) is 0 Å². The minimum Gasteiger partial charge on any atom is -0.463 e. The number of carbonyl (C=O) groups excluding carboxylic acids is 3. The van der Waals surface area contributed by atoms with Crippen LogP contribution in [0.15, 0.2) is 182 Å². The Morgan fingerprint density at radius 3 is 0.672 bits per heavy atom. The van der Waals surface area contributed by atoms with Crippen LogP contribution in [0.4, 0.5) is 0 Å². The number of ether oxygens (including phenoxy) is 3. The average molecular weight is 1790 g/mol. The summed E-state index contributed by atoms with van der Waals surface area (Å²) in [5, 5.41) is 20.8. The van der Waals surface area contributed by atoms with E-state index in [1.807, 2.05) is 0 Å². The van der Waals surface area contributed by atoms with E-state index in [1.54, 1.807) is 0 Å². The van der Waals surface area contributed by atoms with E-state index in [0.29, 0.717) is 19.3 Å². The Hall–Kier alpha value is -5.35. The van der Waals surface area contributed by atoms with E-state index in [2.05, 4.69) is 203 Å². The number of rotatable bonds is 94. The molecule has 16 nitrogen and oxygen atoms in total. The molecule has 0 radical (unpaired) electrons. The van der Waals surface area contributed by atoms with Crippen LogP contribution in [0, 0.1) is 0 Å². The topological polar surface area (TPSA) is 231 Å². The van der Waals surface area contributed by atoms with Gasteiger partial charge in [0, 0.05) is 19.3 Å². The van der Waals surface area contributed by atoms with Crippen LogP contribution in [0.5, 0.6) is 0 Å². The highest BCUT2D eigenvalue weighted by Gasteiger charge is 2.30. The molecule has 0 spiro atoms. The van der Waals surface area contributed by atoms with Gasteiger partial charge in [0.2, 0.25) is 0 Å². The van der Waals surface area contributed by atoms with Gasteiger partial charge in [0.25, 0.3) is 0 Å². The second-order valence-electron chi connectivity index (χ2n) is 33.2. The number of phosphoric acid groups is 2. The van der Waals surface area contributed by atoms with Crippen molar-refractivity contribution in [3.8, 4) is 0 Å².